The summed E-state index contributed by atoms with van der Waals surface area (Å²) in [7, 11) is 0. The predicted molar refractivity (Wildman–Crippen MR) is 78.8 cm³/mol. The fourth-order valence-corrected chi connectivity index (χ4v) is 3.22. The third kappa shape index (κ3) is 4.78. The van der Waals surface area contributed by atoms with Gasteiger partial charge in [-0.05, 0) is 84.6 Å². The van der Waals surface area contributed by atoms with Gasteiger partial charge in [0.2, 0.25) is 0 Å². The number of hydrogen-bond acceptors (Lipinski definition) is 3. The van der Waals surface area contributed by atoms with Crippen molar-refractivity contribution in [3.8, 4) is 6.07 Å². The summed E-state index contributed by atoms with van der Waals surface area (Å²) in [4.78, 5) is 5.21. The highest BCUT2D eigenvalue weighted by Crippen LogP contribution is 2.23. The third-order valence-electron chi connectivity index (χ3n) is 4.78. The Hall–Kier alpha value is -0.590. The van der Waals surface area contributed by atoms with Crippen molar-refractivity contribution >= 4 is 0 Å². The van der Waals surface area contributed by atoms with Crippen LogP contribution in [0.1, 0.15) is 46.0 Å². The first kappa shape index (κ1) is 14.8. The Morgan fingerprint density at radius 1 is 1.05 bits per heavy atom. The molecule has 108 valence electrons. The molecule has 3 heteroatoms. The second kappa shape index (κ2) is 6.72. The quantitative estimate of drug-likeness (QED) is 0.764. The molecule has 2 saturated heterocycles. The van der Waals surface area contributed by atoms with Gasteiger partial charge in [-0.15, -0.1) is 0 Å². The van der Waals surface area contributed by atoms with E-state index >= 15 is 0 Å². The Kier molecular flexibility index (Phi) is 5.24. The molecular weight excluding hydrogens is 234 g/mol. The molecule has 0 spiro atoms. The van der Waals surface area contributed by atoms with E-state index in [2.05, 4.69) is 15.9 Å². The molecule has 2 fully saturated rings. The summed E-state index contributed by atoms with van der Waals surface area (Å²) < 4.78 is 0. The number of rotatable bonds is 5. The Labute approximate surface area is 118 Å². The third-order valence-corrected chi connectivity index (χ3v) is 4.78. The lowest BCUT2D eigenvalue weighted by Gasteiger charge is -2.34. The van der Waals surface area contributed by atoms with E-state index in [0.29, 0.717) is 0 Å². The van der Waals surface area contributed by atoms with Crippen LogP contribution < -0.4 is 0 Å². The van der Waals surface area contributed by atoms with E-state index < -0.39 is 0 Å². The van der Waals surface area contributed by atoms with Crippen LogP contribution in [0.2, 0.25) is 0 Å². The first-order valence-electron chi connectivity index (χ1n) is 7.95. The van der Waals surface area contributed by atoms with Gasteiger partial charge in [0.05, 0.1) is 11.5 Å². The molecule has 0 unspecified atom stereocenters. The summed E-state index contributed by atoms with van der Waals surface area (Å²) in [6.07, 6.45) is 6.51. The van der Waals surface area contributed by atoms with E-state index in [4.69, 9.17) is 5.26 Å². The van der Waals surface area contributed by atoms with Crippen LogP contribution in [0.25, 0.3) is 0 Å². The van der Waals surface area contributed by atoms with E-state index in [0.717, 1.165) is 18.9 Å². The molecule has 2 rings (SSSR count). The molecule has 0 bridgehead atoms. The van der Waals surface area contributed by atoms with Crippen LogP contribution in [0.5, 0.6) is 0 Å². The molecule has 0 aliphatic carbocycles. The zero-order chi connectivity index (χ0) is 13.7. The average Bonchev–Trinajstić information content (AvgIpc) is 2.91. The van der Waals surface area contributed by atoms with Gasteiger partial charge in [0.15, 0.2) is 0 Å². The summed E-state index contributed by atoms with van der Waals surface area (Å²) in [5, 5.41) is 9.05. The van der Waals surface area contributed by atoms with Gasteiger partial charge < -0.3 is 9.80 Å². The Morgan fingerprint density at radius 3 is 2.26 bits per heavy atom. The number of nitrogens with zero attached hydrogens (tertiary/aromatic N) is 3. The second-order valence-electron chi connectivity index (χ2n) is 7.04. The molecule has 0 aromatic heterocycles. The zero-order valence-electron chi connectivity index (χ0n) is 12.7. The van der Waals surface area contributed by atoms with Gasteiger partial charge in [-0.25, -0.2) is 0 Å². The van der Waals surface area contributed by atoms with Crippen molar-refractivity contribution in [1.29, 1.82) is 5.26 Å². The molecule has 2 aliphatic heterocycles. The molecule has 0 radical (unpaired) electrons. The summed E-state index contributed by atoms with van der Waals surface area (Å²) in [6, 6.07) is 2.40. The molecule has 2 heterocycles. The summed E-state index contributed by atoms with van der Waals surface area (Å²) in [5.74, 6) is 0.915. The van der Waals surface area contributed by atoms with Crippen LogP contribution in [-0.4, -0.2) is 49.1 Å². The number of piperidine rings is 1. The van der Waals surface area contributed by atoms with E-state index in [1.165, 1.54) is 58.4 Å². The molecule has 0 amide bonds. The normalized spacial score (nSPS) is 23.6. The van der Waals surface area contributed by atoms with Crippen LogP contribution in [0.15, 0.2) is 0 Å². The number of hydrogen-bond donors (Lipinski definition) is 0. The monoisotopic (exact) mass is 263 g/mol. The van der Waals surface area contributed by atoms with Gasteiger partial charge in [0.25, 0.3) is 0 Å². The van der Waals surface area contributed by atoms with Crippen LogP contribution in [0, 0.1) is 22.7 Å². The summed E-state index contributed by atoms with van der Waals surface area (Å²) in [5.41, 5.74) is -0.160. The van der Waals surface area contributed by atoms with Gasteiger partial charge >= 0.3 is 0 Å². The number of nitriles is 1. The minimum atomic E-state index is -0.160. The smallest absolute Gasteiger partial charge is 0.0684 e. The molecule has 0 saturated carbocycles. The van der Waals surface area contributed by atoms with Crippen molar-refractivity contribution in [3.05, 3.63) is 0 Å². The summed E-state index contributed by atoms with van der Waals surface area (Å²) >= 11 is 0. The maximum absolute atomic E-state index is 9.05. The molecule has 3 nitrogen and oxygen atoms in total. The van der Waals surface area contributed by atoms with Crippen LogP contribution >= 0.6 is 0 Å². The minimum absolute atomic E-state index is 0.160. The molecular formula is C16H29N3. The van der Waals surface area contributed by atoms with Crippen molar-refractivity contribution in [2.24, 2.45) is 11.3 Å². The van der Waals surface area contributed by atoms with E-state index in [9.17, 15) is 0 Å². The molecule has 19 heavy (non-hydrogen) atoms. The van der Waals surface area contributed by atoms with Crippen LogP contribution in [-0.2, 0) is 0 Å². The maximum atomic E-state index is 9.05. The maximum Gasteiger partial charge on any atom is 0.0684 e. The van der Waals surface area contributed by atoms with E-state index in [1.54, 1.807) is 0 Å². The molecule has 0 aromatic carbocycles. The highest BCUT2D eigenvalue weighted by Gasteiger charge is 2.24. The first-order valence-corrected chi connectivity index (χ1v) is 7.95. The van der Waals surface area contributed by atoms with Gasteiger partial charge in [0, 0.05) is 6.54 Å². The lowest BCUT2D eigenvalue weighted by Crippen LogP contribution is -2.39. The van der Waals surface area contributed by atoms with Crippen LogP contribution in [0.4, 0.5) is 0 Å². The van der Waals surface area contributed by atoms with Gasteiger partial charge in [0.1, 0.15) is 0 Å². The zero-order valence-corrected chi connectivity index (χ0v) is 12.7. The van der Waals surface area contributed by atoms with Gasteiger partial charge in [-0.2, -0.15) is 5.26 Å². The minimum Gasteiger partial charge on any atom is -0.303 e. The predicted octanol–water partition coefficient (Wildman–Crippen LogP) is 2.73. The van der Waals surface area contributed by atoms with E-state index in [1.807, 2.05) is 13.8 Å². The summed E-state index contributed by atoms with van der Waals surface area (Å²) in [6.45, 7) is 11.7. The lowest BCUT2D eigenvalue weighted by molar-refractivity contribution is 0.145. The van der Waals surface area contributed by atoms with Crippen molar-refractivity contribution < 1.29 is 0 Å². The Bertz CT molecular complexity index is 304. The Balaban J connectivity index is 1.63. The first-order chi connectivity index (χ1) is 9.09. The average molecular weight is 263 g/mol. The van der Waals surface area contributed by atoms with Gasteiger partial charge in [-0.1, -0.05) is 0 Å². The molecule has 2 aliphatic rings. The highest BCUT2D eigenvalue weighted by atomic mass is 15.2. The highest BCUT2D eigenvalue weighted by molar-refractivity contribution is 4.92. The standard InChI is InChI=1S/C16H29N3/c1-16(2,14-17)7-12-18-10-5-15(6-11-18)13-19-8-3-4-9-19/h15H,3-13H2,1-2H3. The largest absolute Gasteiger partial charge is 0.303 e. The van der Waals surface area contributed by atoms with E-state index in [-0.39, 0.29) is 5.41 Å². The van der Waals surface area contributed by atoms with Gasteiger partial charge in [-0.3, -0.25) is 0 Å². The SMILES string of the molecule is CC(C)(C#N)CCN1CCC(CN2CCCC2)CC1. The topological polar surface area (TPSA) is 30.3 Å². The van der Waals surface area contributed by atoms with Crippen molar-refractivity contribution in [1.82, 2.24) is 9.80 Å². The molecule has 0 N–H and O–H groups in total. The number of likely N-dealkylation sites (tertiary alicyclic amines) is 2. The fourth-order valence-electron chi connectivity index (χ4n) is 3.22. The van der Waals surface area contributed by atoms with Crippen molar-refractivity contribution in [3.63, 3.8) is 0 Å². The van der Waals surface area contributed by atoms with Crippen LogP contribution in [0.3, 0.4) is 0 Å². The fraction of sp³-hybridized carbons (Fsp3) is 0.938. The molecule has 0 aromatic rings. The Morgan fingerprint density at radius 2 is 1.68 bits per heavy atom. The van der Waals surface area contributed by atoms with Crippen molar-refractivity contribution in [2.75, 3.05) is 39.3 Å². The molecule has 0 atom stereocenters. The van der Waals surface area contributed by atoms with Crippen molar-refractivity contribution in [2.45, 2.75) is 46.0 Å². The lowest BCUT2D eigenvalue weighted by atomic mass is 9.90. The second-order valence-corrected chi connectivity index (χ2v) is 7.04.